The highest BCUT2D eigenvalue weighted by Gasteiger charge is 2.30. The average Bonchev–Trinajstić information content (AvgIpc) is 3.00. The minimum Gasteiger partial charge on any atom is -0.481 e. The van der Waals surface area contributed by atoms with E-state index in [-0.39, 0.29) is 24.9 Å². The molecule has 27 heavy (non-hydrogen) atoms. The smallest absolute Gasteiger partial charge is 0.324 e. The van der Waals surface area contributed by atoms with Gasteiger partial charge in [-0.1, -0.05) is 17.7 Å². The van der Waals surface area contributed by atoms with Crippen molar-refractivity contribution in [2.24, 2.45) is 5.92 Å². The molecular weight excluding hydrogens is 389 g/mol. The first-order chi connectivity index (χ1) is 12.5. The van der Waals surface area contributed by atoms with E-state index in [9.17, 15) is 9.59 Å². The molecule has 3 rings (SSSR count). The zero-order valence-electron chi connectivity index (χ0n) is 15.3. The number of rotatable bonds is 7. The molecule has 2 aliphatic heterocycles. The highest BCUT2D eigenvalue weighted by molar-refractivity contribution is 6.31. The van der Waals surface area contributed by atoms with Crippen LogP contribution < -0.4 is 10.2 Å². The molecular formula is C19H27Cl2N3O3. The van der Waals surface area contributed by atoms with E-state index in [0.717, 1.165) is 43.9 Å². The van der Waals surface area contributed by atoms with E-state index in [2.05, 4.69) is 5.32 Å². The fourth-order valence-corrected chi connectivity index (χ4v) is 3.96. The van der Waals surface area contributed by atoms with E-state index in [1.54, 1.807) is 11.0 Å². The second-order valence-electron chi connectivity index (χ2n) is 7.07. The first kappa shape index (κ1) is 21.8. The number of benzene rings is 1. The predicted octanol–water partition coefficient (Wildman–Crippen LogP) is 3.41. The lowest BCUT2D eigenvalue weighted by molar-refractivity contribution is -0.136. The number of nitrogens with zero attached hydrogens (tertiary/aromatic N) is 2. The Bertz CT molecular complexity index is 666. The Morgan fingerprint density at radius 3 is 2.67 bits per heavy atom. The number of carbonyl (C=O) groups is 2. The summed E-state index contributed by atoms with van der Waals surface area (Å²) in [7, 11) is 0. The molecule has 2 amide bonds. The molecule has 8 heteroatoms. The molecule has 0 unspecified atom stereocenters. The lowest BCUT2D eigenvalue weighted by atomic mass is 9.94. The molecule has 0 atom stereocenters. The average molecular weight is 416 g/mol. The summed E-state index contributed by atoms with van der Waals surface area (Å²) in [4.78, 5) is 27.1. The molecule has 0 aliphatic carbocycles. The van der Waals surface area contributed by atoms with Gasteiger partial charge in [0.15, 0.2) is 0 Å². The lowest BCUT2D eigenvalue weighted by Crippen LogP contribution is -2.34. The van der Waals surface area contributed by atoms with Gasteiger partial charge in [0.25, 0.3) is 0 Å². The Morgan fingerprint density at radius 1 is 1.26 bits per heavy atom. The van der Waals surface area contributed by atoms with E-state index >= 15 is 0 Å². The van der Waals surface area contributed by atoms with Crippen LogP contribution in [0, 0.1) is 5.92 Å². The van der Waals surface area contributed by atoms with Gasteiger partial charge in [-0.25, -0.2) is 4.79 Å². The monoisotopic (exact) mass is 415 g/mol. The van der Waals surface area contributed by atoms with Crippen molar-refractivity contribution in [2.75, 3.05) is 37.6 Å². The van der Waals surface area contributed by atoms with Crippen LogP contribution in [0.4, 0.5) is 10.5 Å². The van der Waals surface area contributed by atoms with Crippen LogP contribution in [0.25, 0.3) is 0 Å². The van der Waals surface area contributed by atoms with E-state index in [1.807, 2.05) is 17.0 Å². The van der Waals surface area contributed by atoms with Crippen molar-refractivity contribution >= 4 is 41.7 Å². The first-order valence-corrected chi connectivity index (χ1v) is 9.70. The Kier molecular flexibility index (Phi) is 8.20. The molecule has 2 fully saturated rings. The quantitative estimate of drug-likeness (QED) is 0.715. The van der Waals surface area contributed by atoms with Gasteiger partial charge < -0.3 is 15.3 Å². The number of hydrogen-bond acceptors (Lipinski definition) is 3. The van der Waals surface area contributed by atoms with Crippen LogP contribution in [0.1, 0.15) is 31.2 Å². The second kappa shape index (κ2) is 10.2. The summed E-state index contributed by atoms with van der Waals surface area (Å²) in [6.45, 7) is 4.37. The molecule has 6 nitrogen and oxygen atoms in total. The summed E-state index contributed by atoms with van der Waals surface area (Å²) in [5, 5.41) is 12.7. The number of urea groups is 1. The summed E-state index contributed by atoms with van der Waals surface area (Å²) >= 11 is 6.29. The molecule has 0 spiro atoms. The van der Waals surface area contributed by atoms with Crippen LogP contribution in [-0.4, -0.2) is 54.7 Å². The number of piperidine rings is 1. The molecule has 2 heterocycles. The number of carboxylic acid groups (broad SMARTS) is 1. The van der Waals surface area contributed by atoms with E-state index in [1.165, 1.54) is 12.8 Å². The molecule has 0 radical (unpaired) electrons. The third-order valence-electron chi connectivity index (χ3n) is 5.32. The summed E-state index contributed by atoms with van der Waals surface area (Å²) in [6.07, 6.45) is 3.89. The Morgan fingerprint density at radius 2 is 2.00 bits per heavy atom. The molecule has 2 N–H and O–H groups in total. The maximum Gasteiger partial charge on any atom is 0.324 e. The van der Waals surface area contributed by atoms with Gasteiger partial charge in [-0.15, -0.1) is 12.4 Å². The van der Waals surface area contributed by atoms with Gasteiger partial charge in [0.05, 0.1) is 0 Å². The van der Waals surface area contributed by atoms with Gasteiger partial charge in [0, 0.05) is 36.8 Å². The molecule has 150 valence electrons. The van der Waals surface area contributed by atoms with Gasteiger partial charge in [-0.05, 0) is 62.4 Å². The number of halogens is 2. The number of aliphatic carboxylic acids is 1. The zero-order chi connectivity index (χ0) is 18.5. The molecule has 2 aliphatic rings. The van der Waals surface area contributed by atoms with Gasteiger partial charge in [0.1, 0.15) is 0 Å². The first-order valence-electron chi connectivity index (χ1n) is 9.32. The summed E-state index contributed by atoms with van der Waals surface area (Å²) in [6, 6.07) is 5.49. The molecule has 1 aromatic rings. The van der Waals surface area contributed by atoms with Crippen LogP contribution in [0.15, 0.2) is 18.2 Å². The third-order valence-corrected chi connectivity index (χ3v) is 5.67. The fourth-order valence-electron chi connectivity index (χ4n) is 3.69. The number of nitrogens with one attached hydrogen (secondary N) is 1. The summed E-state index contributed by atoms with van der Waals surface area (Å²) < 4.78 is 0. The van der Waals surface area contributed by atoms with Crippen molar-refractivity contribution in [3.63, 3.8) is 0 Å². The van der Waals surface area contributed by atoms with E-state index in [0.29, 0.717) is 23.9 Å². The largest absolute Gasteiger partial charge is 0.481 e. The zero-order valence-corrected chi connectivity index (χ0v) is 16.9. The number of amides is 2. The van der Waals surface area contributed by atoms with Crippen LogP contribution in [0.3, 0.4) is 0 Å². The third kappa shape index (κ3) is 5.74. The van der Waals surface area contributed by atoms with Crippen molar-refractivity contribution in [2.45, 2.75) is 32.1 Å². The normalized spacial score (nSPS) is 17.9. The molecule has 1 aromatic carbocycles. The van der Waals surface area contributed by atoms with Crippen LogP contribution in [0.5, 0.6) is 0 Å². The van der Waals surface area contributed by atoms with Crippen molar-refractivity contribution in [1.29, 1.82) is 0 Å². The van der Waals surface area contributed by atoms with Crippen molar-refractivity contribution in [3.8, 4) is 0 Å². The highest BCUT2D eigenvalue weighted by Crippen LogP contribution is 2.28. The van der Waals surface area contributed by atoms with Crippen molar-refractivity contribution < 1.29 is 14.7 Å². The SMILES string of the molecule is Cl.O=C(O)CCc1ccc(N2CCN(CCC3CCNCC3)C2=O)cc1Cl. The second-order valence-corrected chi connectivity index (χ2v) is 7.48. The molecule has 0 saturated carbocycles. The molecule has 0 aromatic heterocycles. The topological polar surface area (TPSA) is 72.9 Å². The molecule has 0 bridgehead atoms. The Hall–Kier alpha value is -1.50. The Labute approximate surface area is 171 Å². The maximum atomic E-state index is 12.7. The highest BCUT2D eigenvalue weighted by atomic mass is 35.5. The minimum absolute atomic E-state index is 0. The number of carboxylic acids is 1. The van der Waals surface area contributed by atoms with Crippen LogP contribution >= 0.6 is 24.0 Å². The van der Waals surface area contributed by atoms with Crippen molar-refractivity contribution in [3.05, 3.63) is 28.8 Å². The van der Waals surface area contributed by atoms with Gasteiger partial charge in [-0.2, -0.15) is 0 Å². The van der Waals surface area contributed by atoms with Gasteiger partial charge in [-0.3, -0.25) is 9.69 Å². The molecule has 2 saturated heterocycles. The van der Waals surface area contributed by atoms with Gasteiger partial charge >= 0.3 is 12.0 Å². The van der Waals surface area contributed by atoms with Gasteiger partial charge in [0.2, 0.25) is 0 Å². The number of anilines is 1. The fraction of sp³-hybridized carbons (Fsp3) is 0.579. The Balaban J connectivity index is 0.00000261. The number of carbonyl (C=O) groups excluding carboxylic acids is 1. The maximum absolute atomic E-state index is 12.7. The summed E-state index contributed by atoms with van der Waals surface area (Å²) in [5.74, 6) is -0.134. The number of hydrogen-bond donors (Lipinski definition) is 2. The predicted molar refractivity (Wildman–Crippen MR) is 109 cm³/mol. The van der Waals surface area contributed by atoms with E-state index < -0.39 is 5.97 Å². The van der Waals surface area contributed by atoms with Crippen molar-refractivity contribution in [1.82, 2.24) is 10.2 Å². The van der Waals surface area contributed by atoms with Crippen LogP contribution in [0.2, 0.25) is 5.02 Å². The van der Waals surface area contributed by atoms with E-state index in [4.69, 9.17) is 16.7 Å². The van der Waals surface area contributed by atoms with Crippen LogP contribution in [-0.2, 0) is 11.2 Å². The summed E-state index contributed by atoms with van der Waals surface area (Å²) in [5.41, 5.74) is 1.58. The lowest BCUT2D eigenvalue weighted by Gasteiger charge is -2.25. The number of aryl methyl sites for hydroxylation is 1. The standard InChI is InChI=1S/C19H26ClN3O3.ClH/c20-17-13-16(3-1-15(17)2-4-18(24)25)23-12-11-22(19(23)26)10-7-14-5-8-21-9-6-14;/h1,3,13-14,21H,2,4-12H2,(H,24,25);1H. The minimum atomic E-state index is -0.843.